The Kier molecular flexibility index (Phi) is 6.80. The quantitative estimate of drug-likeness (QED) is 0.767. The molecule has 1 fully saturated rings. The molecule has 1 aromatic carbocycles. The summed E-state index contributed by atoms with van der Waals surface area (Å²) in [5.74, 6) is -0.216. The van der Waals surface area contributed by atoms with E-state index in [9.17, 15) is 13.2 Å². The molecule has 1 aliphatic heterocycles. The molecule has 1 aromatic rings. The van der Waals surface area contributed by atoms with Crippen molar-refractivity contribution in [3.8, 4) is 0 Å². The summed E-state index contributed by atoms with van der Waals surface area (Å²) < 4.78 is 27.6. The molecule has 2 rings (SSSR count). The summed E-state index contributed by atoms with van der Waals surface area (Å²) in [6.07, 6.45) is 5.61. The summed E-state index contributed by atoms with van der Waals surface area (Å²) in [7, 11) is -3.55. The van der Waals surface area contributed by atoms with Gasteiger partial charge in [-0.1, -0.05) is 32.8 Å². The van der Waals surface area contributed by atoms with Gasteiger partial charge in [0.1, 0.15) is 0 Å². The lowest BCUT2D eigenvalue weighted by Gasteiger charge is -2.34. The second-order valence-corrected chi connectivity index (χ2v) is 8.20. The molecule has 0 bridgehead atoms. The Morgan fingerprint density at radius 3 is 2.79 bits per heavy atom. The van der Waals surface area contributed by atoms with E-state index in [2.05, 4.69) is 12.2 Å². The number of benzene rings is 1. The molecule has 6 heteroatoms. The largest absolute Gasteiger partial charge is 0.352 e. The molecule has 0 aliphatic carbocycles. The third-order valence-electron chi connectivity index (χ3n) is 4.56. The maximum Gasteiger partial charge on any atom is 0.251 e. The number of piperidine rings is 1. The molecule has 134 valence electrons. The van der Waals surface area contributed by atoms with E-state index in [4.69, 9.17) is 0 Å². The summed E-state index contributed by atoms with van der Waals surface area (Å²) in [6, 6.07) is 6.45. The minimum Gasteiger partial charge on any atom is -0.352 e. The summed E-state index contributed by atoms with van der Waals surface area (Å²) in [5.41, 5.74) is 0.400. The topological polar surface area (TPSA) is 66.5 Å². The minimum atomic E-state index is -3.55. The number of amides is 1. The van der Waals surface area contributed by atoms with Gasteiger partial charge in [0, 0.05) is 24.7 Å². The van der Waals surface area contributed by atoms with Gasteiger partial charge in [0.05, 0.1) is 4.90 Å². The summed E-state index contributed by atoms with van der Waals surface area (Å²) in [6.45, 7) is 5.25. The van der Waals surface area contributed by atoms with Crippen LogP contribution in [0.25, 0.3) is 0 Å². The molecule has 5 nitrogen and oxygen atoms in total. The normalized spacial score (nSPS) is 19.2. The lowest BCUT2D eigenvalue weighted by molar-refractivity contribution is 0.0953. The third-order valence-corrected chi connectivity index (χ3v) is 6.51. The van der Waals surface area contributed by atoms with Crippen molar-refractivity contribution in [1.82, 2.24) is 9.62 Å². The first-order chi connectivity index (χ1) is 11.5. The third kappa shape index (κ3) is 4.36. The van der Waals surface area contributed by atoms with E-state index in [1.807, 2.05) is 6.92 Å². The molecule has 0 spiro atoms. The van der Waals surface area contributed by atoms with E-state index in [0.717, 1.165) is 38.5 Å². The molecule has 1 N–H and O–H groups in total. The Balaban J connectivity index is 2.21. The van der Waals surface area contributed by atoms with Crippen molar-refractivity contribution in [1.29, 1.82) is 0 Å². The fourth-order valence-electron chi connectivity index (χ4n) is 3.11. The van der Waals surface area contributed by atoms with Crippen LogP contribution >= 0.6 is 0 Å². The van der Waals surface area contributed by atoms with E-state index >= 15 is 0 Å². The highest BCUT2D eigenvalue weighted by Crippen LogP contribution is 2.27. The number of carbonyl (C=O) groups is 1. The van der Waals surface area contributed by atoms with E-state index < -0.39 is 10.0 Å². The van der Waals surface area contributed by atoms with Crippen LogP contribution in [0, 0.1) is 0 Å². The van der Waals surface area contributed by atoms with E-state index in [1.165, 1.54) is 6.07 Å². The van der Waals surface area contributed by atoms with Crippen LogP contribution in [0.1, 0.15) is 62.7 Å². The Morgan fingerprint density at radius 2 is 2.08 bits per heavy atom. The first-order valence-electron chi connectivity index (χ1n) is 8.90. The SMILES string of the molecule is CCCCNC(=O)c1cccc(S(=O)(=O)N2CCCCC2CC)c1. The molecule has 0 saturated carbocycles. The van der Waals surface area contributed by atoms with Gasteiger partial charge in [-0.25, -0.2) is 8.42 Å². The van der Waals surface area contributed by atoms with Crippen molar-refractivity contribution in [2.75, 3.05) is 13.1 Å². The lowest BCUT2D eigenvalue weighted by atomic mass is 10.0. The summed E-state index contributed by atoms with van der Waals surface area (Å²) in [4.78, 5) is 12.4. The van der Waals surface area contributed by atoms with E-state index in [0.29, 0.717) is 18.7 Å². The highest BCUT2D eigenvalue weighted by molar-refractivity contribution is 7.89. The Hall–Kier alpha value is -1.40. The van der Waals surface area contributed by atoms with Crippen molar-refractivity contribution < 1.29 is 13.2 Å². The van der Waals surface area contributed by atoms with Gasteiger partial charge in [0.2, 0.25) is 10.0 Å². The number of hydrogen-bond donors (Lipinski definition) is 1. The molecule has 1 amide bonds. The molecular weight excluding hydrogens is 324 g/mol. The lowest BCUT2D eigenvalue weighted by Crippen LogP contribution is -2.43. The molecule has 1 saturated heterocycles. The van der Waals surface area contributed by atoms with E-state index in [1.54, 1.807) is 22.5 Å². The van der Waals surface area contributed by atoms with Crippen molar-refractivity contribution >= 4 is 15.9 Å². The molecular formula is C18H28N2O3S. The molecule has 0 radical (unpaired) electrons. The van der Waals surface area contributed by atoms with Crippen LogP contribution in [0.3, 0.4) is 0 Å². The first kappa shape index (κ1) is 18.9. The molecule has 24 heavy (non-hydrogen) atoms. The fraction of sp³-hybridized carbons (Fsp3) is 0.611. The van der Waals surface area contributed by atoms with E-state index in [-0.39, 0.29) is 16.8 Å². The molecule has 1 atom stereocenters. The maximum atomic E-state index is 13.0. The van der Waals surface area contributed by atoms with Gasteiger partial charge >= 0.3 is 0 Å². The first-order valence-corrected chi connectivity index (χ1v) is 10.3. The van der Waals surface area contributed by atoms with Gasteiger partial charge in [-0.2, -0.15) is 4.31 Å². The zero-order valence-electron chi connectivity index (χ0n) is 14.6. The Labute approximate surface area is 145 Å². The summed E-state index contributed by atoms with van der Waals surface area (Å²) >= 11 is 0. The number of rotatable bonds is 7. The maximum absolute atomic E-state index is 13.0. The predicted octanol–water partition coefficient (Wildman–Crippen LogP) is 3.17. The van der Waals surface area contributed by atoms with Gasteiger partial charge < -0.3 is 5.32 Å². The number of sulfonamides is 1. The van der Waals surface area contributed by atoms with Crippen LogP contribution in [0.2, 0.25) is 0 Å². The molecule has 0 aromatic heterocycles. The van der Waals surface area contributed by atoms with Gasteiger partial charge in [-0.15, -0.1) is 0 Å². The molecule has 1 aliphatic rings. The second kappa shape index (κ2) is 8.62. The number of nitrogens with one attached hydrogen (secondary N) is 1. The Morgan fingerprint density at radius 1 is 1.29 bits per heavy atom. The smallest absolute Gasteiger partial charge is 0.251 e. The van der Waals surface area contributed by atoms with Crippen molar-refractivity contribution in [3.63, 3.8) is 0 Å². The Bertz CT molecular complexity index is 658. The highest BCUT2D eigenvalue weighted by Gasteiger charge is 2.32. The number of hydrogen-bond acceptors (Lipinski definition) is 3. The van der Waals surface area contributed by atoms with Crippen molar-refractivity contribution in [2.24, 2.45) is 0 Å². The van der Waals surface area contributed by atoms with Gasteiger partial charge in [-0.3, -0.25) is 4.79 Å². The zero-order valence-corrected chi connectivity index (χ0v) is 15.4. The van der Waals surface area contributed by atoms with Crippen molar-refractivity contribution in [2.45, 2.75) is 63.3 Å². The highest BCUT2D eigenvalue weighted by atomic mass is 32.2. The van der Waals surface area contributed by atoms with Crippen LogP contribution in [0.4, 0.5) is 0 Å². The van der Waals surface area contributed by atoms with Crippen LogP contribution in [-0.4, -0.2) is 37.8 Å². The van der Waals surface area contributed by atoms with Crippen molar-refractivity contribution in [3.05, 3.63) is 29.8 Å². The number of unbranched alkanes of at least 4 members (excludes halogenated alkanes) is 1. The average Bonchev–Trinajstić information content (AvgIpc) is 2.62. The minimum absolute atomic E-state index is 0.0609. The molecule has 1 unspecified atom stereocenters. The number of nitrogens with zero attached hydrogens (tertiary/aromatic N) is 1. The van der Waals surface area contributed by atoms with Crippen LogP contribution in [0.5, 0.6) is 0 Å². The van der Waals surface area contributed by atoms with Crippen LogP contribution in [0.15, 0.2) is 29.2 Å². The molecule has 1 heterocycles. The number of carbonyl (C=O) groups excluding carboxylic acids is 1. The summed E-state index contributed by atoms with van der Waals surface area (Å²) in [5, 5.41) is 2.83. The van der Waals surface area contributed by atoms with Gasteiger partial charge in [0.25, 0.3) is 5.91 Å². The average molecular weight is 353 g/mol. The fourth-order valence-corrected chi connectivity index (χ4v) is 4.93. The monoisotopic (exact) mass is 352 g/mol. The van der Waals surface area contributed by atoms with Gasteiger partial charge in [0.15, 0.2) is 0 Å². The standard InChI is InChI=1S/C18H28N2O3S/c1-3-5-12-19-18(21)15-9-8-11-17(14-15)24(22,23)20-13-7-6-10-16(20)4-2/h8-9,11,14,16H,3-7,10,12-13H2,1-2H3,(H,19,21). The van der Waals surface area contributed by atoms with Gasteiger partial charge in [-0.05, 0) is 43.9 Å². The van der Waals surface area contributed by atoms with Crippen LogP contribution in [-0.2, 0) is 10.0 Å². The second-order valence-electron chi connectivity index (χ2n) is 6.31. The van der Waals surface area contributed by atoms with Crippen LogP contribution < -0.4 is 5.32 Å². The predicted molar refractivity (Wildman–Crippen MR) is 95.5 cm³/mol. The zero-order chi connectivity index (χ0) is 17.6.